The van der Waals surface area contributed by atoms with Gasteiger partial charge in [0, 0.05) is 12.5 Å². The lowest BCUT2D eigenvalue weighted by Crippen LogP contribution is -2.42. The van der Waals surface area contributed by atoms with Crippen molar-refractivity contribution in [3.05, 3.63) is 53.1 Å². The Balaban J connectivity index is 1.80. The number of aldehydes is 2. The van der Waals surface area contributed by atoms with E-state index in [9.17, 15) is 24.6 Å². The Hall–Kier alpha value is -3.00. The van der Waals surface area contributed by atoms with Crippen molar-refractivity contribution in [1.29, 1.82) is 0 Å². The third-order valence-electron chi connectivity index (χ3n) is 5.27. The summed E-state index contributed by atoms with van der Waals surface area (Å²) in [5.41, 5.74) is 0.155. The summed E-state index contributed by atoms with van der Waals surface area (Å²) in [5, 5.41) is 19.2. The fraction of sp³-hybridized carbons (Fsp3) is 0.318. The highest BCUT2D eigenvalue weighted by molar-refractivity contribution is 7.80. The van der Waals surface area contributed by atoms with E-state index in [2.05, 4.69) is 12.6 Å². The number of likely N-dealkylation sites (tertiary alicyclic amines) is 1. The maximum atomic E-state index is 13.1. The van der Waals surface area contributed by atoms with E-state index in [0.29, 0.717) is 19.1 Å². The molecule has 2 N–H and O–H groups in total. The average Bonchev–Trinajstić information content (AvgIpc) is 2.92. The first-order valence-electron chi connectivity index (χ1n) is 9.64. The first-order valence-corrected chi connectivity index (χ1v) is 10.2. The van der Waals surface area contributed by atoms with E-state index >= 15 is 0 Å². The van der Waals surface area contributed by atoms with Crippen molar-refractivity contribution in [2.75, 3.05) is 13.2 Å². The molecule has 0 spiro atoms. The SMILES string of the molecule is O=Cc1c(O)cccc1OCC1CCCCN(C(=O)c2cccc(O)c2C=O)C1S. The number of nitrogens with zero attached hydrogens (tertiary/aromatic N) is 1. The molecule has 8 heteroatoms. The third kappa shape index (κ3) is 4.43. The molecule has 2 aromatic rings. The maximum Gasteiger partial charge on any atom is 0.255 e. The highest BCUT2D eigenvalue weighted by atomic mass is 32.1. The normalized spacial score (nSPS) is 19.0. The van der Waals surface area contributed by atoms with E-state index in [1.165, 1.54) is 24.3 Å². The Labute approximate surface area is 179 Å². The number of carbonyl (C=O) groups is 3. The summed E-state index contributed by atoms with van der Waals surface area (Å²) in [7, 11) is 0. The van der Waals surface area contributed by atoms with Crippen LogP contribution < -0.4 is 4.74 Å². The zero-order valence-electron chi connectivity index (χ0n) is 16.2. The lowest BCUT2D eigenvalue weighted by molar-refractivity contribution is 0.0692. The van der Waals surface area contributed by atoms with E-state index in [0.717, 1.165) is 19.3 Å². The van der Waals surface area contributed by atoms with Crippen LogP contribution in [0.1, 0.15) is 50.3 Å². The van der Waals surface area contributed by atoms with Gasteiger partial charge in [-0.3, -0.25) is 14.4 Å². The maximum absolute atomic E-state index is 13.1. The summed E-state index contributed by atoms with van der Waals surface area (Å²) < 4.78 is 5.80. The molecular weight excluding hydrogens is 406 g/mol. The molecule has 0 radical (unpaired) electrons. The lowest BCUT2D eigenvalue weighted by atomic mass is 10.0. The van der Waals surface area contributed by atoms with Gasteiger partial charge in [-0.05, 0) is 37.1 Å². The Morgan fingerprint density at radius 2 is 1.73 bits per heavy atom. The number of carbonyl (C=O) groups excluding carboxylic acids is 3. The van der Waals surface area contributed by atoms with Crippen molar-refractivity contribution in [2.45, 2.75) is 24.6 Å². The molecule has 0 aromatic heterocycles. The number of rotatable bonds is 6. The number of hydrogen-bond donors (Lipinski definition) is 3. The first-order chi connectivity index (χ1) is 14.5. The van der Waals surface area contributed by atoms with Gasteiger partial charge in [-0.2, -0.15) is 12.6 Å². The molecule has 0 saturated carbocycles. The van der Waals surface area contributed by atoms with Crippen molar-refractivity contribution in [3.63, 3.8) is 0 Å². The average molecular weight is 429 g/mol. The number of thiol groups is 1. The minimum absolute atomic E-state index is 0.0459. The van der Waals surface area contributed by atoms with Gasteiger partial charge < -0.3 is 19.8 Å². The van der Waals surface area contributed by atoms with Crippen LogP contribution in [0.5, 0.6) is 17.2 Å². The number of ether oxygens (including phenoxy) is 1. The van der Waals surface area contributed by atoms with Crippen LogP contribution in [-0.4, -0.2) is 52.1 Å². The number of hydrogen-bond acceptors (Lipinski definition) is 7. The highest BCUT2D eigenvalue weighted by Crippen LogP contribution is 2.31. The van der Waals surface area contributed by atoms with Crippen LogP contribution in [0.4, 0.5) is 0 Å². The molecule has 7 nitrogen and oxygen atoms in total. The van der Waals surface area contributed by atoms with Crippen LogP contribution in [0.25, 0.3) is 0 Å². The van der Waals surface area contributed by atoms with E-state index in [-0.39, 0.29) is 52.4 Å². The van der Waals surface area contributed by atoms with Crippen molar-refractivity contribution in [1.82, 2.24) is 4.90 Å². The summed E-state index contributed by atoms with van der Waals surface area (Å²) >= 11 is 4.67. The molecule has 30 heavy (non-hydrogen) atoms. The highest BCUT2D eigenvalue weighted by Gasteiger charge is 2.32. The number of benzene rings is 2. The fourth-order valence-electron chi connectivity index (χ4n) is 3.61. The molecule has 2 unspecified atom stereocenters. The number of aromatic hydroxyl groups is 2. The Morgan fingerprint density at radius 3 is 2.43 bits per heavy atom. The standard InChI is InChI=1S/C22H23NO6S/c24-11-16-15(6-3-7-18(16)26)21(28)23-10-2-1-5-14(22(23)30)13-29-20-9-4-8-19(27)17(20)12-25/h3-4,6-9,11-12,14,22,26-27,30H,1-2,5,10,13H2. The van der Waals surface area contributed by atoms with E-state index in [4.69, 9.17) is 4.74 Å². The molecule has 1 heterocycles. The third-order valence-corrected chi connectivity index (χ3v) is 5.97. The zero-order chi connectivity index (χ0) is 21.7. The Morgan fingerprint density at radius 1 is 1.07 bits per heavy atom. The number of phenols is 2. The molecule has 0 bridgehead atoms. The largest absolute Gasteiger partial charge is 0.507 e. The topological polar surface area (TPSA) is 104 Å². The van der Waals surface area contributed by atoms with E-state index < -0.39 is 5.37 Å². The predicted molar refractivity (Wildman–Crippen MR) is 114 cm³/mol. The van der Waals surface area contributed by atoms with Crippen LogP contribution in [0, 0.1) is 5.92 Å². The van der Waals surface area contributed by atoms with Gasteiger partial charge in [0.15, 0.2) is 12.6 Å². The molecular formula is C22H23NO6S. The van der Waals surface area contributed by atoms with Crippen LogP contribution in [0.15, 0.2) is 36.4 Å². The molecule has 0 aliphatic carbocycles. The molecule has 1 amide bonds. The smallest absolute Gasteiger partial charge is 0.255 e. The van der Waals surface area contributed by atoms with E-state index in [1.54, 1.807) is 17.0 Å². The minimum Gasteiger partial charge on any atom is -0.507 e. The molecule has 1 aliphatic rings. The molecule has 1 fully saturated rings. The summed E-state index contributed by atoms with van der Waals surface area (Å²) in [6, 6.07) is 8.97. The van der Waals surface area contributed by atoms with Crippen LogP contribution >= 0.6 is 12.6 Å². The lowest BCUT2D eigenvalue weighted by Gasteiger charge is -2.32. The fourth-order valence-corrected chi connectivity index (χ4v) is 4.06. The van der Waals surface area contributed by atoms with Crippen molar-refractivity contribution >= 4 is 31.1 Å². The Bertz CT molecular complexity index is 947. The van der Waals surface area contributed by atoms with Gasteiger partial charge in [-0.15, -0.1) is 0 Å². The second-order valence-corrected chi connectivity index (χ2v) is 7.67. The number of amides is 1. The summed E-state index contributed by atoms with van der Waals surface area (Å²) in [6.45, 7) is 0.659. The molecule has 2 aromatic carbocycles. The molecule has 2 atom stereocenters. The summed E-state index contributed by atoms with van der Waals surface area (Å²) in [4.78, 5) is 37.4. The van der Waals surface area contributed by atoms with Gasteiger partial charge in [0.1, 0.15) is 17.2 Å². The second-order valence-electron chi connectivity index (χ2n) is 7.14. The first kappa shape index (κ1) is 21.7. The van der Waals surface area contributed by atoms with Gasteiger partial charge in [-0.1, -0.05) is 18.6 Å². The zero-order valence-corrected chi connectivity index (χ0v) is 17.1. The summed E-state index contributed by atoms with van der Waals surface area (Å²) in [5.74, 6) is -0.659. The van der Waals surface area contributed by atoms with Crippen LogP contribution in [-0.2, 0) is 0 Å². The van der Waals surface area contributed by atoms with Crippen molar-refractivity contribution in [3.8, 4) is 17.2 Å². The number of phenolic OH excluding ortho intramolecular Hbond substituents is 2. The van der Waals surface area contributed by atoms with Gasteiger partial charge >= 0.3 is 0 Å². The van der Waals surface area contributed by atoms with Crippen molar-refractivity contribution < 1.29 is 29.3 Å². The molecule has 3 rings (SSSR count). The van der Waals surface area contributed by atoms with E-state index in [1.807, 2.05) is 0 Å². The van der Waals surface area contributed by atoms with Crippen LogP contribution in [0.2, 0.25) is 0 Å². The monoisotopic (exact) mass is 429 g/mol. The summed E-state index contributed by atoms with van der Waals surface area (Å²) in [6.07, 6.45) is 3.38. The van der Waals surface area contributed by atoms with Gasteiger partial charge in [0.25, 0.3) is 5.91 Å². The second kappa shape index (κ2) is 9.67. The quantitative estimate of drug-likeness (QED) is 0.481. The molecule has 1 saturated heterocycles. The molecule has 1 aliphatic heterocycles. The van der Waals surface area contributed by atoms with Gasteiger partial charge in [0.05, 0.1) is 28.7 Å². The molecule has 158 valence electrons. The predicted octanol–water partition coefficient (Wildman–Crippen LogP) is 3.30. The van der Waals surface area contributed by atoms with Crippen molar-refractivity contribution in [2.24, 2.45) is 5.92 Å². The Kier molecular flexibility index (Phi) is 6.99. The van der Waals surface area contributed by atoms with Gasteiger partial charge in [0.2, 0.25) is 0 Å². The van der Waals surface area contributed by atoms with Gasteiger partial charge in [-0.25, -0.2) is 0 Å². The van der Waals surface area contributed by atoms with Crippen LogP contribution in [0.3, 0.4) is 0 Å². The minimum atomic E-state index is -0.487.